The van der Waals surface area contributed by atoms with E-state index in [4.69, 9.17) is 0 Å². The fourth-order valence-electron chi connectivity index (χ4n) is 4.45. The van der Waals surface area contributed by atoms with Gasteiger partial charge in [0.25, 0.3) is 0 Å². The predicted octanol–water partition coefficient (Wildman–Crippen LogP) is 6.03. The van der Waals surface area contributed by atoms with Crippen molar-refractivity contribution in [2.24, 2.45) is 0 Å². The molecule has 2 heteroatoms. The van der Waals surface area contributed by atoms with Crippen molar-refractivity contribution in [2.75, 3.05) is 0 Å². The van der Waals surface area contributed by atoms with Crippen molar-refractivity contribution in [2.45, 2.75) is 64.7 Å². The highest BCUT2D eigenvalue weighted by atomic mass is 28.3. The molecular weight excluding hydrogens is 344 g/mol. The first-order chi connectivity index (χ1) is 11.9. The van der Waals surface area contributed by atoms with Crippen molar-refractivity contribution in [1.82, 2.24) is 0 Å². The number of benzene rings is 2. The summed E-state index contributed by atoms with van der Waals surface area (Å²) in [6.07, 6.45) is 0. The Hall–Kier alpha value is -1.39. The number of hydrogen-bond acceptors (Lipinski definition) is 0. The molecule has 26 heavy (non-hydrogen) atoms. The van der Waals surface area contributed by atoms with Crippen LogP contribution in [0.1, 0.15) is 47.1 Å². The van der Waals surface area contributed by atoms with E-state index in [1.165, 1.54) is 5.56 Å². The Labute approximate surface area is 162 Å². The van der Waals surface area contributed by atoms with Crippen LogP contribution in [0.5, 0.6) is 0 Å². The minimum absolute atomic E-state index is 0.262. The Kier molecular flexibility index (Phi) is 4.52. The molecular formula is C24H34Si2. The lowest BCUT2D eigenvalue weighted by Crippen LogP contribution is -2.70. The lowest BCUT2D eigenvalue weighted by atomic mass is 10.2. The van der Waals surface area contributed by atoms with Gasteiger partial charge in [-0.15, -0.1) is 0 Å². The third-order valence-corrected chi connectivity index (χ3v) is 19.2. The van der Waals surface area contributed by atoms with Gasteiger partial charge in [0.15, 0.2) is 0 Å². The van der Waals surface area contributed by atoms with Crippen molar-refractivity contribution in [3.8, 4) is 0 Å². The second-order valence-corrected chi connectivity index (χ2v) is 19.9. The first-order valence-corrected chi connectivity index (χ1v) is 14.9. The molecule has 0 saturated carbocycles. The first-order valence-electron chi connectivity index (χ1n) is 9.82. The van der Waals surface area contributed by atoms with Gasteiger partial charge in [0.05, 0.1) is 0 Å². The standard InChI is InChI=1S/C24H34Si2/c1-23(2,3)25(7)18-22(19-14-10-9-11-15-19)26(8,24(4,5)6)21-17-13-12-16-20(21)25/h9-18H,1-8H3/t25-,26-/m0/s1. The molecule has 0 aliphatic carbocycles. The molecule has 0 N–H and O–H groups in total. The molecule has 2 aromatic carbocycles. The minimum atomic E-state index is -1.90. The second kappa shape index (κ2) is 6.07. The Morgan fingerprint density at radius 3 is 1.62 bits per heavy atom. The summed E-state index contributed by atoms with van der Waals surface area (Å²) in [5, 5.41) is 5.57. The summed E-state index contributed by atoms with van der Waals surface area (Å²) >= 11 is 0. The summed E-state index contributed by atoms with van der Waals surface area (Å²) in [7, 11) is -3.70. The normalized spacial score (nSPS) is 26.2. The fourth-order valence-corrected chi connectivity index (χ4v) is 14.9. The van der Waals surface area contributed by atoms with E-state index in [2.05, 4.69) is 115 Å². The number of fused-ring (bicyclic) bond motifs is 1. The molecule has 2 atom stereocenters. The van der Waals surface area contributed by atoms with Gasteiger partial charge in [0, 0.05) is 0 Å². The quantitative estimate of drug-likeness (QED) is 0.531. The van der Waals surface area contributed by atoms with Crippen LogP contribution in [0.2, 0.25) is 23.2 Å². The smallest absolute Gasteiger partial charge is 0.0894 e. The van der Waals surface area contributed by atoms with Crippen molar-refractivity contribution in [3.05, 3.63) is 65.9 Å². The number of rotatable bonds is 1. The van der Waals surface area contributed by atoms with Crippen molar-refractivity contribution in [1.29, 1.82) is 0 Å². The maximum Gasteiger partial charge on any atom is 0.120 e. The lowest BCUT2D eigenvalue weighted by molar-refractivity contribution is 0.728. The van der Waals surface area contributed by atoms with Gasteiger partial charge in [-0.3, -0.25) is 0 Å². The van der Waals surface area contributed by atoms with Gasteiger partial charge in [0.1, 0.15) is 16.1 Å². The molecule has 0 spiro atoms. The fraction of sp³-hybridized carbons (Fsp3) is 0.417. The number of hydrogen-bond donors (Lipinski definition) is 0. The van der Waals surface area contributed by atoms with Crippen LogP contribution in [-0.4, -0.2) is 16.1 Å². The Morgan fingerprint density at radius 2 is 1.12 bits per heavy atom. The van der Waals surface area contributed by atoms with E-state index >= 15 is 0 Å². The van der Waals surface area contributed by atoms with E-state index in [1.54, 1.807) is 15.6 Å². The van der Waals surface area contributed by atoms with E-state index in [1.807, 2.05) is 0 Å². The van der Waals surface area contributed by atoms with Gasteiger partial charge in [-0.1, -0.05) is 131 Å². The molecule has 0 amide bonds. The van der Waals surface area contributed by atoms with Gasteiger partial charge in [0.2, 0.25) is 0 Å². The van der Waals surface area contributed by atoms with Gasteiger partial charge < -0.3 is 0 Å². The summed E-state index contributed by atoms with van der Waals surface area (Å²) in [5.74, 6) is 0. The van der Waals surface area contributed by atoms with Crippen LogP contribution < -0.4 is 10.4 Å². The monoisotopic (exact) mass is 378 g/mol. The van der Waals surface area contributed by atoms with E-state index in [0.717, 1.165) is 0 Å². The third kappa shape index (κ3) is 2.69. The minimum Gasteiger partial charge on any atom is -0.0894 e. The molecule has 0 radical (unpaired) electrons. The Balaban J connectivity index is 2.44. The van der Waals surface area contributed by atoms with Crippen LogP contribution in [0.15, 0.2) is 60.3 Å². The molecule has 138 valence electrons. The van der Waals surface area contributed by atoms with E-state index in [-0.39, 0.29) is 10.1 Å². The van der Waals surface area contributed by atoms with Gasteiger partial charge >= 0.3 is 0 Å². The van der Waals surface area contributed by atoms with E-state index in [0.29, 0.717) is 0 Å². The van der Waals surface area contributed by atoms with Crippen LogP contribution in [-0.2, 0) is 0 Å². The van der Waals surface area contributed by atoms with Crippen LogP contribution in [0.3, 0.4) is 0 Å². The summed E-state index contributed by atoms with van der Waals surface area (Å²) in [6.45, 7) is 19.9. The highest BCUT2D eigenvalue weighted by Crippen LogP contribution is 2.49. The van der Waals surface area contributed by atoms with Crippen molar-refractivity contribution in [3.63, 3.8) is 0 Å². The zero-order chi connectivity index (χ0) is 19.4. The highest BCUT2D eigenvalue weighted by Gasteiger charge is 2.54. The molecule has 1 heterocycles. The largest absolute Gasteiger partial charge is 0.120 e. The van der Waals surface area contributed by atoms with Crippen molar-refractivity contribution < 1.29 is 0 Å². The van der Waals surface area contributed by atoms with Crippen molar-refractivity contribution >= 4 is 31.7 Å². The summed E-state index contributed by atoms with van der Waals surface area (Å²) in [6, 6.07) is 20.6. The van der Waals surface area contributed by atoms with Crippen LogP contribution in [0.25, 0.3) is 5.20 Å². The summed E-state index contributed by atoms with van der Waals surface area (Å²) in [5.41, 5.74) is 4.22. The summed E-state index contributed by atoms with van der Waals surface area (Å²) in [4.78, 5) is 0. The lowest BCUT2D eigenvalue weighted by Gasteiger charge is -2.52. The molecule has 1 aliphatic heterocycles. The molecule has 0 aromatic heterocycles. The average Bonchev–Trinajstić information content (AvgIpc) is 2.57. The molecule has 0 saturated heterocycles. The SMILES string of the molecule is CC(C)(C)[Si@@]1(C)C=C(c2ccccc2)[Si@@](C)(C(C)(C)C)c2ccccc21. The highest BCUT2D eigenvalue weighted by molar-refractivity contribution is 7.16. The van der Waals surface area contributed by atoms with Gasteiger partial charge in [-0.05, 0) is 15.6 Å². The zero-order valence-corrected chi connectivity index (χ0v) is 19.8. The topological polar surface area (TPSA) is 0 Å². The molecule has 0 unspecified atom stereocenters. The Bertz CT molecular complexity index is 837. The second-order valence-electron chi connectivity index (χ2n) is 10.3. The van der Waals surface area contributed by atoms with Crippen LogP contribution in [0, 0.1) is 0 Å². The maximum absolute atomic E-state index is 2.78. The molecule has 2 aromatic rings. The summed E-state index contributed by atoms with van der Waals surface area (Å²) < 4.78 is 0. The first kappa shape index (κ1) is 19.4. The van der Waals surface area contributed by atoms with Gasteiger partial charge in [-0.2, -0.15) is 0 Å². The average molecular weight is 379 g/mol. The zero-order valence-electron chi connectivity index (χ0n) is 17.8. The third-order valence-electron chi connectivity index (χ3n) is 7.14. The molecule has 1 aliphatic rings. The molecule has 3 rings (SSSR count). The molecule has 0 fully saturated rings. The van der Waals surface area contributed by atoms with E-state index in [9.17, 15) is 0 Å². The maximum atomic E-state index is 2.78. The van der Waals surface area contributed by atoms with Crippen LogP contribution >= 0.6 is 0 Å². The predicted molar refractivity (Wildman–Crippen MR) is 123 cm³/mol. The van der Waals surface area contributed by atoms with Crippen LogP contribution in [0.4, 0.5) is 0 Å². The molecule has 0 bridgehead atoms. The molecule has 0 nitrogen and oxygen atoms in total. The Morgan fingerprint density at radius 1 is 0.615 bits per heavy atom. The van der Waals surface area contributed by atoms with Gasteiger partial charge in [-0.25, -0.2) is 0 Å². The van der Waals surface area contributed by atoms with E-state index < -0.39 is 16.1 Å².